The first kappa shape index (κ1) is 10.7. The summed E-state index contributed by atoms with van der Waals surface area (Å²) in [6, 6.07) is 10.0. The zero-order valence-electron chi connectivity index (χ0n) is 9.64. The molecule has 0 fully saturated rings. The Hall–Kier alpha value is -2.49. The smallest absolute Gasteiger partial charge is 0.270 e. The molecule has 0 saturated carbocycles. The number of carbonyl (C=O) groups is 1. The summed E-state index contributed by atoms with van der Waals surface area (Å²) in [4.78, 5) is 22.4. The quantitative estimate of drug-likeness (QED) is 0.484. The Kier molecular flexibility index (Phi) is 2.07. The van der Waals surface area contributed by atoms with Crippen molar-refractivity contribution in [2.45, 2.75) is 6.92 Å². The van der Waals surface area contributed by atoms with Crippen LogP contribution in [0.15, 0.2) is 36.4 Å². The molecule has 0 saturated heterocycles. The van der Waals surface area contributed by atoms with Gasteiger partial charge in [-0.2, -0.15) is 0 Å². The van der Waals surface area contributed by atoms with E-state index in [1.165, 1.54) is 12.1 Å². The lowest BCUT2D eigenvalue weighted by atomic mass is 10.0. The molecule has 4 heteroatoms. The first-order chi connectivity index (χ1) is 8.58. The number of nitrogens with zero attached hydrogens (tertiary/aromatic N) is 1. The molecule has 0 spiro atoms. The van der Waals surface area contributed by atoms with Crippen molar-refractivity contribution in [1.82, 2.24) is 0 Å². The van der Waals surface area contributed by atoms with Crippen molar-refractivity contribution in [3.8, 4) is 11.1 Å². The maximum atomic E-state index is 12.2. The Morgan fingerprint density at radius 3 is 2.39 bits per heavy atom. The second-order valence-electron chi connectivity index (χ2n) is 4.37. The van der Waals surface area contributed by atoms with Crippen LogP contribution in [0.25, 0.3) is 11.1 Å². The Balaban J connectivity index is 2.27. The average molecular weight is 239 g/mol. The van der Waals surface area contributed by atoms with E-state index in [1.807, 2.05) is 19.1 Å². The fourth-order valence-electron chi connectivity index (χ4n) is 2.29. The molecular weight excluding hydrogens is 230 g/mol. The normalized spacial score (nSPS) is 12.2. The number of non-ortho nitro benzene ring substituents is 1. The minimum atomic E-state index is -0.484. The van der Waals surface area contributed by atoms with Gasteiger partial charge in [-0.25, -0.2) is 0 Å². The highest BCUT2D eigenvalue weighted by Crippen LogP contribution is 2.38. The van der Waals surface area contributed by atoms with Gasteiger partial charge >= 0.3 is 0 Å². The lowest BCUT2D eigenvalue weighted by molar-refractivity contribution is -0.384. The van der Waals surface area contributed by atoms with E-state index in [0.717, 1.165) is 16.7 Å². The topological polar surface area (TPSA) is 60.2 Å². The molecule has 0 N–H and O–H groups in total. The first-order valence-corrected chi connectivity index (χ1v) is 5.52. The van der Waals surface area contributed by atoms with Crippen LogP contribution < -0.4 is 0 Å². The number of fused-ring (bicyclic) bond motifs is 3. The van der Waals surface area contributed by atoms with Crippen molar-refractivity contribution in [3.05, 3.63) is 63.2 Å². The highest BCUT2D eigenvalue weighted by atomic mass is 16.6. The second-order valence-corrected chi connectivity index (χ2v) is 4.37. The number of carbonyl (C=O) groups excluding carboxylic acids is 1. The van der Waals surface area contributed by atoms with Crippen LogP contribution in [0.4, 0.5) is 5.69 Å². The maximum absolute atomic E-state index is 12.2. The summed E-state index contributed by atoms with van der Waals surface area (Å²) in [5.74, 6) is -0.135. The van der Waals surface area contributed by atoms with Crippen LogP contribution in [0.5, 0.6) is 0 Å². The van der Waals surface area contributed by atoms with Gasteiger partial charge in [0, 0.05) is 23.3 Å². The number of hydrogen-bond acceptors (Lipinski definition) is 3. The summed E-state index contributed by atoms with van der Waals surface area (Å²) in [6.45, 7) is 1.95. The number of ketones is 1. The Labute approximate surface area is 103 Å². The largest absolute Gasteiger partial charge is 0.289 e. The predicted octanol–water partition coefficient (Wildman–Crippen LogP) is 3.11. The van der Waals surface area contributed by atoms with E-state index in [4.69, 9.17) is 0 Å². The minimum absolute atomic E-state index is 0.0494. The van der Waals surface area contributed by atoms with E-state index < -0.39 is 4.92 Å². The molecule has 0 aromatic heterocycles. The van der Waals surface area contributed by atoms with E-state index in [-0.39, 0.29) is 11.5 Å². The van der Waals surface area contributed by atoms with Crippen molar-refractivity contribution in [2.75, 3.05) is 0 Å². The fraction of sp³-hybridized carbons (Fsp3) is 0.0714. The van der Waals surface area contributed by atoms with Crippen molar-refractivity contribution in [3.63, 3.8) is 0 Å². The number of nitro benzene ring substituents is 1. The standard InChI is InChI=1S/C14H9NO3/c1-8-2-4-11-12(6-8)10-5-3-9(15(17)18)7-13(10)14(11)16/h2-7H,1H3. The highest BCUT2D eigenvalue weighted by molar-refractivity contribution is 6.22. The molecule has 18 heavy (non-hydrogen) atoms. The summed E-state index contributed by atoms with van der Waals surface area (Å²) in [7, 11) is 0. The number of benzene rings is 2. The third-order valence-corrected chi connectivity index (χ3v) is 3.17. The molecule has 2 aromatic carbocycles. The molecule has 3 rings (SSSR count). The average Bonchev–Trinajstić information content (AvgIpc) is 2.62. The van der Waals surface area contributed by atoms with Crippen LogP contribution in [0.3, 0.4) is 0 Å². The van der Waals surface area contributed by atoms with Gasteiger partial charge in [0.05, 0.1) is 4.92 Å². The summed E-state index contributed by atoms with van der Waals surface area (Å²) >= 11 is 0. The summed E-state index contributed by atoms with van der Waals surface area (Å²) in [5, 5.41) is 10.7. The minimum Gasteiger partial charge on any atom is -0.289 e. The van der Waals surface area contributed by atoms with Gasteiger partial charge in [0.1, 0.15) is 0 Å². The van der Waals surface area contributed by atoms with E-state index in [1.54, 1.807) is 12.1 Å². The molecule has 0 heterocycles. The number of hydrogen-bond donors (Lipinski definition) is 0. The van der Waals surface area contributed by atoms with Gasteiger partial charge in [-0.15, -0.1) is 0 Å². The van der Waals surface area contributed by atoms with Gasteiger partial charge in [-0.1, -0.05) is 23.8 Å². The van der Waals surface area contributed by atoms with Crippen LogP contribution in [-0.2, 0) is 0 Å². The molecule has 2 aromatic rings. The summed E-state index contributed by atoms with van der Waals surface area (Å²) < 4.78 is 0. The van der Waals surface area contributed by atoms with E-state index in [9.17, 15) is 14.9 Å². The first-order valence-electron chi connectivity index (χ1n) is 5.52. The lowest BCUT2D eigenvalue weighted by Crippen LogP contribution is -1.96. The molecule has 0 aliphatic heterocycles. The summed E-state index contributed by atoms with van der Waals surface area (Å²) in [5.41, 5.74) is 3.70. The predicted molar refractivity (Wildman–Crippen MR) is 66.7 cm³/mol. The van der Waals surface area contributed by atoms with Gasteiger partial charge in [0.15, 0.2) is 5.78 Å². The molecule has 4 nitrogen and oxygen atoms in total. The molecule has 0 bridgehead atoms. The molecule has 0 unspecified atom stereocenters. The SMILES string of the molecule is Cc1ccc2c(c1)-c1ccc([N+](=O)[O-])cc1C2=O. The van der Waals surface area contributed by atoms with Gasteiger partial charge in [0.2, 0.25) is 0 Å². The maximum Gasteiger partial charge on any atom is 0.270 e. The second kappa shape index (κ2) is 3.50. The fourth-order valence-corrected chi connectivity index (χ4v) is 2.29. The molecule has 0 radical (unpaired) electrons. The van der Waals surface area contributed by atoms with Gasteiger partial charge < -0.3 is 0 Å². The van der Waals surface area contributed by atoms with Gasteiger partial charge in [-0.3, -0.25) is 14.9 Å². The zero-order valence-corrected chi connectivity index (χ0v) is 9.64. The van der Waals surface area contributed by atoms with Crippen LogP contribution in [0.1, 0.15) is 21.5 Å². The Bertz CT molecular complexity index is 704. The van der Waals surface area contributed by atoms with E-state index >= 15 is 0 Å². The highest BCUT2D eigenvalue weighted by Gasteiger charge is 2.28. The Morgan fingerprint density at radius 1 is 0.944 bits per heavy atom. The van der Waals surface area contributed by atoms with Crippen LogP contribution in [0, 0.1) is 17.0 Å². The van der Waals surface area contributed by atoms with Crippen LogP contribution in [0.2, 0.25) is 0 Å². The van der Waals surface area contributed by atoms with Crippen molar-refractivity contribution in [1.29, 1.82) is 0 Å². The van der Waals surface area contributed by atoms with Crippen LogP contribution in [-0.4, -0.2) is 10.7 Å². The monoisotopic (exact) mass is 239 g/mol. The third kappa shape index (κ3) is 1.35. The summed E-state index contributed by atoms with van der Waals surface area (Å²) in [6.07, 6.45) is 0. The van der Waals surface area contributed by atoms with Crippen molar-refractivity contribution >= 4 is 11.5 Å². The lowest BCUT2D eigenvalue weighted by Gasteiger charge is -2.00. The van der Waals surface area contributed by atoms with E-state index in [0.29, 0.717) is 11.1 Å². The van der Waals surface area contributed by atoms with Gasteiger partial charge in [-0.05, 0) is 24.1 Å². The van der Waals surface area contributed by atoms with Crippen molar-refractivity contribution < 1.29 is 9.72 Å². The van der Waals surface area contributed by atoms with E-state index in [2.05, 4.69) is 0 Å². The number of aryl methyl sites for hydroxylation is 1. The molecular formula is C14H9NO3. The molecule has 1 aliphatic rings. The molecule has 0 atom stereocenters. The van der Waals surface area contributed by atoms with Gasteiger partial charge in [0.25, 0.3) is 5.69 Å². The molecule has 1 aliphatic carbocycles. The number of nitro groups is 1. The number of rotatable bonds is 1. The van der Waals surface area contributed by atoms with Crippen LogP contribution >= 0.6 is 0 Å². The Morgan fingerprint density at radius 2 is 1.67 bits per heavy atom. The van der Waals surface area contributed by atoms with Crippen molar-refractivity contribution in [2.24, 2.45) is 0 Å². The molecule has 0 amide bonds. The third-order valence-electron chi connectivity index (χ3n) is 3.17. The zero-order chi connectivity index (χ0) is 12.9. The molecule has 88 valence electrons.